The van der Waals surface area contributed by atoms with E-state index in [1.165, 1.54) is 17.5 Å². The molecule has 1 fully saturated rings. The maximum absolute atomic E-state index is 12.1. The van der Waals surface area contributed by atoms with Crippen LogP contribution in [-0.2, 0) is 6.54 Å². The van der Waals surface area contributed by atoms with Crippen molar-refractivity contribution in [3.8, 4) is 0 Å². The van der Waals surface area contributed by atoms with Crippen LogP contribution >= 0.6 is 0 Å². The van der Waals surface area contributed by atoms with Gasteiger partial charge in [-0.15, -0.1) is 0 Å². The highest BCUT2D eigenvalue weighted by molar-refractivity contribution is 5.40. The Morgan fingerprint density at radius 2 is 2.25 bits per heavy atom. The first kappa shape index (κ1) is 11.4. The van der Waals surface area contributed by atoms with Gasteiger partial charge >= 0.3 is 0 Å². The van der Waals surface area contributed by atoms with E-state index < -0.39 is 6.43 Å². The zero-order chi connectivity index (χ0) is 11.8. The van der Waals surface area contributed by atoms with Gasteiger partial charge in [0.25, 0.3) is 6.43 Å². The first-order valence-corrected chi connectivity index (χ1v) is 5.57. The Labute approximate surface area is 93.8 Å². The van der Waals surface area contributed by atoms with Gasteiger partial charge in [0.05, 0.1) is 11.9 Å². The van der Waals surface area contributed by atoms with Crippen molar-refractivity contribution in [2.24, 2.45) is 5.41 Å². The monoisotopic (exact) mass is 229 g/mol. The summed E-state index contributed by atoms with van der Waals surface area (Å²) in [6, 6.07) is 0.358. The lowest BCUT2D eigenvalue weighted by atomic mass is 10.0. The molecular weight excluding hydrogens is 212 g/mol. The molecule has 1 N–H and O–H groups in total. The normalized spacial score (nSPS) is 19.8. The first-order chi connectivity index (χ1) is 7.49. The molecule has 1 unspecified atom stereocenters. The largest absolute Gasteiger partial charge is 0.380 e. The fourth-order valence-electron chi connectivity index (χ4n) is 1.73. The van der Waals surface area contributed by atoms with Crippen molar-refractivity contribution in [1.82, 2.24) is 9.78 Å². The van der Waals surface area contributed by atoms with E-state index in [4.69, 9.17) is 0 Å². The van der Waals surface area contributed by atoms with Crippen LogP contribution in [0.5, 0.6) is 0 Å². The molecule has 0 bridgehead atoms. The molecule has 0 spiro atoms. The van der Waals surface area contributed by atoms with E-state index in [0.29, 0.717) is 11.5 Å². The van der Waals surface area contributed by atoms with E-state index in [9.17, 15) is 8.78 Å². The average Bonchev–Trinajstić information content (AvgIpc) is 2.79. The van der Waals surface area contributed by atoms with E-state index in [0.717, 1.165) is 5.69 Å². The van der Waals surface area contributed by atoms with Crippen molar-refractivity contribution < 1.29 is 8.78 Å². The number of aromatic nitrogens is 2. The zero-order valence-electron chi connectivity index (χ0n) is 9.58. The maximum atomic E-state index is 12.1. The highest BCUT2D eigenvalue weighted by atomic mass is 19.3. The Hall–Kier alpha value is -1.13. The third kappa shape index (κ3) is 2.51. The Morgan fingerprint density at radius 1 is 1.56 bits per heavy atom. The van der Waals surface area contributed by atoms with Crippen LogP contribution in [0.15, 0.2) is 12.4 Å². The van der Waals surface area contributed by atoms with Crippen LogP contribution in [-0.4, -0.2) is 22.2 Å². The minimum absolute atomic E-state index is 0.340. The summed E-state index contributed by atoms with van der Waals surface area (Å²) in [5, 5.41) is 7.20. The molecule has 3 nitrogen and oxygen atoms in total. The molecule has 0 aliphatic heterocycles. The summed E-state index contributed by atoms with van der Waals surface area (Å²) in [5.41, 5.74) is 1.19. The second-order valence-corrected chi connectivity index (χ2v) is 4.86. The van der Waals surface area contributed by atoms with Gasteiger partial charge < -0.3 is 5.32 Å². The summed E-state index contributed by atoms with van der Waals surface area (Å²) in [4.78, 5) is 0. The van der Waals surface area contributed by atoms with Crippen molar-refractivity contribution in [2.45, 2.75) is 45.7 Å². The van der Waals surface area contributed by atoms with Crippen LogP contribution in [0.25, 0.3) is 0 Å². The topological polar surface area (TPSA) is 29.9 Å². The molecule has 0 saturated heterocycles. The van der Waals surface area contributed by atoms with Crippen LogP contribution in [0.3, 0.4) is 0 Å². The quantitative estimate of drug-likeness (QED) is 0.841. The lowest BCUT2D eigenvalue weighted by molar-refractivity contribution is 0.122. The van der Waals surface area contributed by atoms with Crippen LogP contribution in [0.2, 0.25) is 0 Å². The predicted molar refractivity (Wildman–Crippen MR) is 58.7 cm³/mol. The standard InChI is InChI=1S/C11H17F2N3/c1-8(11(2)3-4-11)15-9-5-14-16(6-9)7-10(12)13/h5-6,8,10,15H,3-4,7H2,1-2H3. The molecular formula is C11H17F2N3. The molecule has 1 heterocycles. The van der Waals surface area contributed by atoms with Gasteiger partial charge in [0, 0.05) is 12.2 Å². The van der Waals surface area contributed by atoms with E-state index in [1.807, 2.05) is 0 Å². The van der Waals surface area contributed by atoms with Gasteiger partial charge in [-0.1, -0.05) is 6.92 Å². The predicted octanol–water partition coefficient (Wildman–Crippen LogP) is 2.75. The summed E-state index contributed by atoms with van der Waals surface area (Å²) in [6.07, 6.45) is 3.34. The molecule has 1 aliphatic rings. The third-order valence-corrected chi connectivity index (χ3v) is 3.43. The summed E-state index contributed by atoms with van der Waals surface area (Å²) >= 11 is 0. The fourth-order valence-corrected chi connectivity index (χ4v) is 1.73. The Bertz CT molecular complexity index is 358. The number of rotatable bonds is 5. The van der Waals surface area contributed by atoms with Crippen LogP contribution in [0, 0.1) is 5.41 Å². The van der Waals surface area contributed by atoms with Crippen molar-refractivity contribution in [2.75, 3.05) is 5.32 Å². The number of nitrogens with one attached hydrogen (secondary N) is 1. The van der Waals surface area contributed by atoms with Crippen molar-refractivity contribution in [1.29, 1.82) is 0 Å². The van der Waals surface area contributed by atoms with E-state index >= 15 is 0 Å². The zero-order valence-corrected chi connectivity index (χ0v) is 9.58. The van der Waals surface area contributed by atoms with Crippen LogP contribution in [0.4, 0.5) is 14.5 Å². The molecule has 0 amide bonds. The second-order valence-electron chi connectivity index (χ2n) is 4.86. The Kier molecular flexibility index (Phi) is 2.86. The van der Waals surface area contributed by atoms with Crippen LogP contribution < -0.4 is 5.32 Å². The SMILES string of the molecule is CC(Nc1cnn(CC(F)F)c1)C1(C)CC1. The highest BCUT2D eigenvalue weighted by Crippen LogP contribution is 2.48. The number of alkyl halides is 2. The summed E-state index contributed by atoms with van der Waals surface area (Å²) < 4.78 is 25.5. The molecule has 0 radical (unpaired) electrons. The number of hydrogen-bond acceptors (Lipinski definition) is 2. The van der Waals surface area contributed by atoms with Crippen molar-refractivity contribution in [3.63, 3.8) is 0 Å². The van der Waals surface area contributed by atoms with Gasteiger partial charge in [-0.3, -0.25) is 4.68 Å². The van der Waals surface area contributed by atoms with Crippen LogP contribution in [0.1, 0.15) is 26.7 Å². The molecule has 1 aromatic rings. The molecule has 2 rings (SSSR count). The molecule has 1 aliphatic carbocycles. The van der Waals surface area contributed by atoms with E-state index in [2.05, 4.69) is 24.3 Å². The minimum Gasteiger partial charge on any atom is -0.380 e. The highest BCUT2D eigenvalue weighted by Gasteiger charge is 2.42. The molecule has 1 saturated carbocycles. The first-order valence-electron chi connectivity index (χ1n) is 5.57. The van der Waals surface area contributed by atoms with E-state index in [1.54, 1.807) is 12.4 Å². The molecule has 90 valence electrons. The molecule has 0 aromatic carbocycles. The lowest BCUT2D eigenvalue weighted by Crippen LogP contribution is -2.24. The molecule has 1 atom stereocenters. The average molecular weight is 229 g/mol. The van der Waals surface area contributed by atoms with Gasteiger partial charge in [0.2, 0.25) is 0 Å². The summed E-state index contributed by atoms with van der Waals surface area (Å²) in [5.74, 6) is 0. The van der Waals surface area contributed by atoms with Gasteiger partial charge in [-0.05, 0) is 25.2 Å². The second kappa shape index (κ2) is 4.03. The van der Waals surface area contributed by atoms with Gasteiger partial charge in [-0.2, -0.15) is 5.10 Å². The van der Waals surface area contributed by atoms with Crippen molar-refractivity contribution in [3.05, 3.63) is 12.4 Å². The van der Waals surface area contributed by atoms with E-state index in [-0.39, 0.29) is 6.54 Å². The molecule has 5 heteroatoms. The summed E-state index contributed by atoms with van der Waals surface area (Å²) in [7, 11) is 0. The fraction of sp³-hybridized carbons (Fsp3) is 0.727. The number of hydrogen-bond donors (Lipinski definition) is 1. The number of nitrogens with zero attached hydrogens (tertiary/aromatic N) is 2. The maximum Gasteiger partial charge on any atom is 0.257 e. The number of halogens is 2. The number of anilines is 1. The minimum atomic E-state index is -2.36. The van der Waals surface area contributed by atoms with Crippen molar-refractivity contribution >= 4 is 5.69 Å². The van der Waals surface area contributed by atoms with Gasteiger partial charge in [-0.25, -0.2) is 8.78 Å². The summed E-state index contributed by atoms with van der Waals surface area (Å²) in [6.45, 7) is 4.01. The third-order valence-electron chi connectivity index (χ3n) is 3.43. The molecule has 1 aromatic heterocycles. The Morgan fingerprint density at radius 3 is 2.81 bits per heavy atom. The smallest absolute Gasteiger partial charge is 0.257 e. The Balaban J connectivity index is 1.92. The molecule has 16 heavy (non-hydrogen) atoms. The van der Waals surface area contributed by atoms with Gasteiger partial charge in [0.1, 0.15) is 6.54 Å². The van der Waals surface area contributed by atoms with Gasteiger partial charge in [0.15, 0.2) is 0 Å². The lowest BCUT2D eigenvalue weighted by Gasteiger charge is -2.20.